The zero-order valence-electron chi connectivity index (χ0n) is 10.5. The lowest BCUT2D eigenvalue weighted by atomic mass is 10.0. The number of halogens is 3. The highest BCUT2D eigenvalue weighted by Gasteiger charge is 2.21. The minimum absolute atomic E-state index is 0.253. The maximum atomic E-state index is 6.28. The van der Waals surface area contributed by atoms with Gasteiger partial charge in [-0.3, -0.25) is 0 Å². The van der Waals surface area contributed by atoms with Gasteiger partial charge in [0, 0.05) is 20.1 Å². The molecule has 0 aromatic heterocycles. The molecular weight excluding hydrogens is 377 g/mol. The van der Waals surface area contributed by atoms with Gasteiger partial charge in [-0.05, 0) is 48.4 Å². The first-order chi connectivity index (χ1) is 9.63. The Morgan fingerprint density at radius 1 is 1.15 bits per heavy atom. The van der Waals surface area contributed by atoms with Crippen LogP contribution in [0.15, 0.2) is 45.8 Å². The van der Waals surface area contributed by atoms with Crippen LogP contribution in [0.3, 0.4) is 0 Å². The van der Waals surface area contributed by atoms with E-state index in [0.29, 0.717) is 0 Å². The second-order valence-electron chi connectivity index (χ2n) is 4.64. The van der Waals surface area contributed by atoms with E-state index in [4.69, 9.17) is 23.2 Å². The predicted octanol–water partition coefficient (Wildman–Crippen LogP) is 6.40. The van der Waals surface area contributed by atoms with Crippen molar-refractivity contribution in [1.82, 2.24) is 0 Å². The van der Waals surface area contributed by atoms with Crippen molar-refractivity contribution in [2.24, 2.45) is 0 Å². The van der Waals surface area contributed by atoms with Gasteiger partial charge in [0.05, 0.1) is 16.8 Å². The third-order valence-electron chi connectivity index (χ3n) is 3.27. The maximum absolute atomic E-state index is 6.28. The smallest absolute Gasteiger partial charge is 0.0648 e. The van der Waals surface area contributed by atoms with Crippen molar-refractivity contribution in [2.75, 3.05) is 11.1 Å². The highest BCUT2D eigenvalue weighted by molar-refractivity contribution is 9.10. The van der Waals surface area contributed by atoms with Gasteiger partial charge in [0.2, 0.25) is 0 Å². The van der Waals surface area contributed by atoms with Crippen molar-refractivity contribution >= 4 is 56.6 Å². The summed E-state index contributed by atoms with van der Waals surface area (Å²) in [7, 11) is 0. The number of nitrogens with one attached hydrogen (secondary N) is 1. The molecule has 1 N–H and O–H groups in total. The van der Waals surface area contributed by atoms with Gasteiger partial charge in [-0.2, -0.15) is 0 Å². The minimum Gasteiger partial charge on any atom is -0.377 e. The molecule has 20 heavy (non-hydrogen) atoms. The molecule has 0 aliphatic carbocycles. The van der Waals surface area contributed by atoms with Gasteiger partial charge >= 0.3 is 0 Å². The lowest BCUT2D eigenvalue weighted by molar-refractivity contribution is 0.729. The zero-order chi connectivity index (χ0) is 14.1. The number of rotatable bonds is 2. The van der Waals surface area contributed by atoms with Gasteiger partial charge in [-0.15, -0.1) is 11.8 Å². The highest BCUT2D eigenvalue weighted by atomic mass is 79.9. The SMILES string of the molecule is Clc1ccc2c(c1)C(Nc1ccc(Br)cc1Cl)CCS2. The van der Waals surface area contributed by atoms with Crippen LogP contribution in [0.4, 0.5) is 5.69 Å². The summed E-state index contributed by atoms with van der Waals surface area (Å²) in [5, 5.41) is 5.04. The van der Waals surface area contributed by atoms with Crippen LogP contribution in [0.5, 0.6) is 0 Å². The molecule has 0 fully saturated rings. The molecule has 0 spiro atoms. The fraction of sp³-hybridized carbons (Fsp3) is 0.200. The Morgan fingerprint density at radius 2 is 2.00 bits per heavy atom. The van der Waals surface area contributed by atoms with Crippen LogP contribution < -0.4 is 5.32 Å². The average Bonchev–Trinajstić information content (AvgIpc) is 2.42. The molecule has 1 atom stereocenters. The van der Waals surface area contributed by atoms with Gasteiger partial charge in [0.25, 0.3) is 0 Å². The van der Waals surface area contributed by atoms with Crippen LogP contribution in [-0.2, 0) is 0 Å². The van der Waals surface area contributed by atoms with Gasteiger partial charge in [0.15, 0.2) is 0 Å². The summed E-state index contributed by atoms with van der Waals surface area (Å²) in [6.45, 7) is 0. The Kier molecular flexibility index (Phi) is 4.51. The molecule has 3 rings (SSSR count). The molecule has 0 amide bonds. The first-order valence-electron chi connectivity index (χ1n) is 6.27. The van der Waals surface area contributed by atoms with E-state index in [-0.39, 0.29) is 6.04 Å². The molecule has 1 aliphatic heterocycles. The van der Waals surface area contributed by atoms with E-state index in [1.807, 2.05) is 42.1 Å². The largest absolute Gasteiger partial charge is 0.377 e. The lowest BCUT2D eigenvalue weighted by Gasteiger charge is -2.27. The molecule has 0 saturated carbocycles. The summed E-state index contributed by atoms with van der Waals surface area (Å²) in [4.78, 5) is 1.30. The topological polar surface area (TPSA) is 12.0 Å². The van der Waals surface area contributed by atoms with Crippen LogP contribution in [0.2, 0.25) is 10.0 Å². The summed E-state index contributed by atoms with van der Waals surface area (Å²) in [5.41, 5.74) is 2.21. The summed E-state index contributed by atoms with van der Waals surface area (Å²) in [6, 6.07) is 12.2. The number of fused-ring (bicyclic) bond motifs is 1. The zero-order valence-corrected chi connectivity index (χ0v) is 14.4. The Hall–Kier alpha value is -0.350. The molecule has 0 bridgehead atoms. The van der Waals surface area contributed by atoms with Crippen molar-refractivity contribution in [1.29, 1.82) is 0 Å². The van der Waals surface area contributed by atoms with Crippen molar-refractivity contribution in [2.45, 2.75) is 17.4 Å². The number of benzene rings is 2. The third-order valence-corrected chi connectivity index (χ3v) is 5.44. The average molecular weight is 389 g/mol. The van der Waals surface area contributed by atoms with E-state index in [0.717, 1.165) is 32.4 Å². The monoisotopic (exact) mass is 387 g/mol. The van der Waals surface area contributed by atoms with E-state index in [9.17, 15) is 0 Å². The van der Waals surface area contributed by atoms with Gasteiger partial charge in [0.1, 0.15) is 0 Å². The van der Waals surface area contributed by atoms with E-state index >= 15 is 0 Å². The molecule has 1 nitrogen and oxygen atoms in total. The molecule has 5 heteroatoms. The second kappa shape index (κ2) is 6.18. The quantitative estimate of drug-likeness (QED) is 0.638. The van der Waals surface area contributed by atoms with Crippen LogP contribution >= 0.6 is 50.9 Å². The van der Waals surface area contributed by atoms with Crippen molar-refractivity contribution in [3.63, 3.8) is 0 Å². The minimum atomic E-state index is 0.253. The van der Waals surface area contributed by atoms with E-state index < -0.39 is 0 Å². The summed E-state index contributed by atoms with van der Waals surface area (Å²) < 4.78 is 0.982. The normalized spacial score (nSPS) is 17.6. The summed E-state index contributed by atoms with van der Waals surface area (Å²) in [6.07, 6.45) is 1.06. The second-order valence-corrected chi connectivity index (χ2v) is 7.54. The number of anilines is 1. The molecule has 104 valence electrons. The van der Waals surface area contributed by atoms with E-state index in [2.05, 4.69) is 27.3 Å². The predicted molar refractivity (Wildman–Crippen MR) is 92.3 cm³/mol. The van der Waals surface area contributed by atoms with Gasteiger partial charge < -0.3 is 5.32 Å². The molecule has 1 unspecified atom stereocenters. The van der Waals surface area contributed by atoms with Crippen molar-refractivity contribution < 1.29 is 0 Å². The van der Waals surface area contributed by atoms with Crippen LogP contribution in [0.1, 0.15) is 18.0 Å². The molecule has 0 saturated heterocycles. The van der Waals surface area contributed by atoms with Crippen LogP contribution in [-0.4, -0.2) is 5.75 Å². The Morgan fingerprint density at radius 3 is 2.80 bits per heavy atom. The van der Waals surface area contributed by atoms with Crippen LogP contribution in [0.25, 0.3) is 0 Å². The van der Waals surface area contributed by atoms with Crippen LogP contribution in [0, 0.1) is 0 Å². The molecule has 2 aromatic carbocycles. The van der Waals surface area contributed by atoms with Gasteiger partial charge in [-0.25, -0.2) is 0 Å². The van der Waals surface area contributed by atoms with E-state index in [1.54, 1.807) is 0 Å². The molecule has 1 aliphatic rings. The Balaban J connectivity index is 1.91. The number of hydrogen-bond donors (Lipinski definition) is 1. The van der Waals surface area contributed by atoms with Crippen molar-refractivity contribution in [3.05, 3.63) is 56.5 Å². The molecule has 0 radical (unpaired) electrons. The summed E-state index contributed by atoms with van der Waals surface area (Å²) in [5.74, 6) is 1.10. The van der Waals surface area contributed by atoms with Gasteiger partial charge in [-0.1, -0.05) is 39.1 Å². The maximum Gasteiger partial charge on any atom is 0.0648 e. The third kappa shape index (κ3) is 3.11. The lowest BCUT2D eigenvalue weighted by Crippen LogP contribution is -2.16. The fourth-order valence-electron chi connectivity index (χ4n) is 2.31. The number of thioether (sulfide) groups is 1. The number of hydrogen-bond acceptors (Lipinski definition) is 2. The van der Waals surface area contributed by atoms with Crippen molar-refractivity contribution in [3.8, 4) is 0 Å². The Labute approximate surface area is 141 Å². The Bertz CT molecular complexity index is 648. The first-order valence-corrected chi connectivity index (χ1v) is 8.81. The fourth-order valence-corrected chi connectivity index (χ4v) is 4.32. The van der Waals surface area contributed by atoms with E-state index in [1.165, 1.54) is 10.5 Å². The standard InChI is InChI=1S/C15H12BrCl2NS/c16-9-1-3-14(12(18)7-9)19-13-5-6-20-15-4-2-10(17)8-11(13)15/h1-4,7-8,13,19H,5-6H2. The molecule has 1 heterocycles. The molecular formula is C15H12BrCl2NS. The molecule has 2 aromatic rings. The first kappa shape index (κ1) is 14.6. The summed E-state index contributed by atoms with van der Waals surface area (Å²) >= 11 is 17.7. The highest BCUT2D eigenvalue weighted by Crippen LogP contribution is 2.40.